The topological polar surface area (TPSA) is 39.8 Å². The SMILES string of the molecule is C1CCCC1.C[Si](C)C.[C-]#[O+].[C-]#[O+].[Fe]. The molecule has 0 unspecified atom stereocenters. The van der Waals surface area contributed by atoms with Crippen LogP contribution >= 0.6 is 0 Å². The molecule has 0 heterocycles. The Morgan fingerprint density at radius 2 is 0.786 bits per heavy atom. The van der Waals surface area contributed by atoms with Gasteiger partial charge in [-0.05, 0) is 0 Å². The molecule has 0 atom stereocenters. The Balaban J connectivity index is -0.0000000511. The first-order valence-electron chi connectivity index (χ1n) is 4.41. The normalized spacial score (nSPS) is 11.4. The Bertz CT molecular complexity index is 92.8. The molecule has 14 heavy (non-hydrogen) atoms. The molecule has 2 nitrogen and oxygen atoms in total. The minimum Gasteiger partial charge on any atom is 0 e. The zero-order valence-electron chi connectivity index (χ0n) is 9.21. The molecule has 4 heteroatoms. The van der Waals surface area contributed by atoms with Gasteiger partial charge in [-0.1, -0.05) is 51.7 Å². The van der Waals surface area contributed by atoms with Crippen molar-refractivity contribution >= 4 is 8.80 Å². The van der Waals surface area contributed by atoms with E-state index in [4.69, 9.17) is 9.30 Å². The molecule has 0 aliphatic heterocycles. The van der Waals surface area contributed by atoms with E-state index in [-0.39, 0.29) is 25.9 Å². The fraction of sp³-hybridized carbons (Fsp3) is 0.800. The molecule has 0 spiro atoms. The molecule has 1 radical (unpaired) electrons. The monoisotopic (exact) mass is 255 g/mol. The van der Waals surface area contributed by atoms with Crippen molar-refractivity contribution in [1.29, 1.82) is 0 Å². The van der Waals surface area contributed by atoms with Crippen LogP contribution in [-0.2, 0) is 26.4 Å². The van der Waals surface area contributed by atoms with Gasteiger partial charge >= 0.3 is 22.6 Å². The van der Waals surface area contributed by atoms with Crippen LogP contribution in [0.15, 0.2) is 0 Å². The molecule has 0 bridgehead atoms. The first-order valence-corrected chi connectivity index (χ1v) is 7.41. The maximum Gasteiger partial charge on any atom is 0 e. The molecule has 1 fully saturated rings. The molecular formula is C10H19FeO2Si. The van der Waals surface area contributed by atoms with Gasteiger partial charge < -0.3 is 0 Å². The van der Waals surface area contributed by atoms with Crippen LogP contribution in [0.2, 0.25) is 19.6 Å². The van der Waals surface area contributed by atoms with Gasteiger partial charge in [0.25, 0.3) is 0 Å². The van der Waals surface area contributed by atoms with E-state index < -0.39 is 0 Å². The summed E-state index contributed by atoms with van der Waals surface area (Å²) >= 11 is 0. The molecule has 1 aliphatic rings. The molecule has 0 N–H and O–H groups in total. The van der Waals surface area contributed by atoms with Gasteiger partial charge in [0.15, 0.2) is 0 Å². The standard InChI is InChI=1S/C5H10.C3H9Si.2CO.Fe/c1-2-4-5-3-1;1-4(2)3;2*1-2;/h1-5H2;1-3H3;;;. The third-order valence-electron chi connectivity index (χ3n) is 1.25. The second kappa shape index (κ2) is 29.2. The second-order valence-electron chi connectivity index (χ2n) is 3.27. The molecule has 0 amide bonds. The zero-order chi connectivity index (χ0) is 11.1. The summed E-state index contributed by atoms with van der Waals surface area (Å²) in [6, 6.07) is 0. The van der Waals surface area contributed by atoms with E-state index in [9.17, 15) is 0 Å². The van der Waals surface area contributed by atoms with Crippen molar-refractivity contribution in [3.63, 3.8) is 0 Å². The van der Waals surface area contributed by atoms with Crippen molar-refractivity contribution in [3.8, 4) is 0 Å². The summed E-state index contributed by atoms with van der Waals surface area (Å²) in [6.45, 7) is 15.8. The van der Waals surface area contributed by atoms with Crippen molar-refractivity contribution in [1.82, 2.24) is 0 Å². The Morgan fingerprint density at radius 1 is 0.714 bits per heavy atom. The van der Waals surface area contributed by atoms with Crippen LogP contribution in [0.5, 0.6) is 0 Å². The van der Waals surface area contributed by atoms with Crippen LogP contribution in [-0.4, -0.2) is 8.80 Å². The molecule has 0 saturated heterocycles. The summed E-state index contributed by atoms with van der Waals surface area (Å²) in [5.41, 5.74) is 0. The van der Waals surface area contributed by atoms with E-state index in [2.05, 4.69) is 32.9 Å². The van der Waals surface area contributed by atoms with E-state index in [0.717, 1.165) is 0 Å². The molecule has 0 aromatic heterocycles. The quantitative estimate of drug-likeness (QED) is 0.362. The minimum atomic E-state index is 0. The largest absolute Gasteiger partial charge is 0 e. The van der Waals surface area contributed by atoms with Gasteiger partial charge in [-0.25, -0.2) is 0 Å². The van der Waals surface area contributed by atoms with E-state index in [1.54, 1.807) is 0 Å². The molecule has 0 aromatic carbocycles. The summed E-state index contributed by atoms with van der Waals surface area (Å²) in [7, 11) is 0.120. The van der Waals surface area contributed by atoms with Gasteiger partial charge in [0, 0.05) is 25.9 Å². The number of rotatable bonds is 0. The first kappa shape index (κ1) is 23.8. The molecule has 83 valence electrons. The van der Waals surface area contributed by atoms with E-state index in [1.165, 1.54) is 32.1 Å². The molecular weight excluding hydrogens is 236 g/mol. The van der Waals surface area contributed by atoms with Gasteiger partial charge in [0.2, 0.25) is 0 Å². The maximum atomic E-state index is 7.50. The predicted molar refractivity (Wildman–Crippen MR) is 54.3 cm³/mol. The van der Waals surface area contributed by atoms with Gasteiger partial charge in [-0.15, -0.1) is 0 Å². The van der Waals surface area contributed by atoms with Crippen molar-refractivity contribution in [3.05, 3.63) is 13.3 Å². The van der Waals surface area contributed by atoms with E-state index in [0.29, 0.717) is 0 Å². The summed E-state index contributed by atoms with van der Waals surface area (Å²) < 4.78 is 15.0. The summed E-state index contributed by atoms with van der Waals surface area (Å²) in [4.78, 5) is 0. The summed E-state index contributed by atoms with van der Waals surface area (Å²) in [5, 5.41) is 0. The third-order valence-corrected chi connectivity index (χ3v) is 1.25. The second-order valence-corrected chi connectivity index (χ2v) is 6.27. The molecule has 1 saturated carbocycles. The zero-order valence-corrected chi connectivity index (χ0v) is 11.3. The van der Waals surface area contributed by atoms with Gasteiger partial charge in [0.1, 0.15) is 0 Å². The minimum absolute atomic E-state index is 0. The Labute approximate surface area is 100 Å². The van der Waals surface area contributed by atoms with Crippen LogP contribution in [0, 0.1) is 13.3 Å². The summed E-state index contributed by atoms with van der Waals surface area (Å²) in [6.07, 6.45) is 7.50. The van der Waals surface area contributed by atoms with Gasteiger partial charge in [0.05, 0.1) is 0 Å². The van der Waals surface area contributed by atoms with Crippen molar-refractivity contribution in [2.45, 2.75) is 51.7 Å². The van der Waals surface area contributed by atoms with Gasteiger partial charge in [-0.2, -0.15) is 0 Å². The van der Waals surface area contributed by atoms with Crippen molar-refractivity contribution in [2.75, 3.05) is 0 Å². The Morgan fingerprint density at radius 3 is 0.857 bits per heavy atom. The first-order chi connectivity index (χ1) is 6.23. The molecule has 0 aromatic rings. The van der Waals surface area contributed by atoms with Crippen LogP contribution in [0.4, 0.5) is 0 Å². The van der Waals surface area contributed by atoms with Crippen molar-refractivity contribution in [2.24, 2.45) is 0 Å². The van der Waals surface area contributed by atoms with Crippen LogP contribution in [0.1, 0.15) is 32.1 Å². The van der Waals surface area contributed by atoms with Crippen LogP contribution < -0.4 is 0 Å². The van der Waals surface area contributed by atoms with E-state index in [1.807, 2.05) is 0 Å². The van der Waals surface area contributed by atoms with Crippen LogP contribution in [0.3, 0.4) is 0 Å². The fourth-order valence-electron chi connectivity index (χ4n) is 0.884. The van der Waals surface area contributed by atoms with Crippen molar-refractivity contribution < 1.29 is 26.4 Å². The van der Waals surface area contributed by atoms with E-state index >= 15 is 0 Å². The number of hydrogen-bond donors (Lipinski definition) is 0. The molecule has 1 rings (SSSR count). The smallest absolute Gasteiger partial charge is 0 e. The summed E-state index contributed by atoms with van der Waals surface area (Å²) in [5.74, 6) is 0. The third kappa shape index (κ3) is 56.5. The van der Waals surface area contributed by atoms with Gasteiger partial charge in [-0.3, -0.25) is 0 Å². The number of hydrogen-bond acceptors (Lipinski definition) is 0. The fourth-order valence-corrected chi connectivity index (χ4v) is 0.884. The average Bonchev–Trinajstić information content (AvgIpc) is 2.67. The average molecular weight is 255 g/mol. The Kier molecular flexibility index (Phi) is 49.7. The maximum absolute atomic E-state index is 7.50. The van der Waals surface area contributed by atoms with Crippen LogP contribution in [0.25, 0.3) is 0 Å². The Hall–Kier alpha value is 0.216. The predicted octanol–water partition coefficient (Wildman–Crippen LogP) is 3.24. The molecule has 1 aliphatic carbocycles.